The van der Waals surface area contributed by atoms with E-state index in [9.17, 15) is 15.2 Å². The van der Waals surface area contributed by atoms with E-state index >= 15 is 0 Å². The molecular formula is C11H15NO5. The molecule has 6 nitrogen and oxygen atoms in total. The third kappa shape index (κ3) is 3.60. The number of nitro benzene ring substituents is 1. The highest BCUT2D eigenvalue weighted by Gasteiger charge is 2.16. The first-order valence-electron chi connectivity index (χ1n) is 5.21. The highest BCUT2D eigenvalue weighted by atomic mass is 16.6. The van der Waals surface area contributed by atoms with Crippen LogP contribution in [0.15, 0.2) is 18.2 Å². The van der Waals surface area contributed by atoms with Gasteiger partial charge in [0, 0.05) is 12.1 Å². The molecule has 0 saturated heterocycles. The van der Waals surface area contributed by atoms with Crippen molar-refractivity contribution in [2.45, 2.75) is 19.4 Å². The maximum absolute atomic E-state index is 10.8. The third-order valence-electron chi connectivity index (χ3n) is 2.27. The lowest BCUT2D eigenvalue weighted by Gasteiger charge is -2.11. The number of aliphatic hydroxyl groups is 1. The molecule has 1 N–H and O–H groups in total. The fourth-order valence-corrected chi connectivity index (χ4v) is 1.19. The molecular weight excluding hydrogens is 226 g/mol. The normalized spacial score (nSPS) is 11.9. The molecule has 6 heteroatoms. The van der Waals surface area contributed by atoms with Crippen LogP contribution in [0.25, 0.3) is 0 Å². The Balaban J connectivity index is 2.89. The zero-order valence-electron chi connectivity index (χ0n) is 9.75. The second-order valence-electron chi connectivity index (χ2n) is 3.46. The summed E-state index contributed by atoms with van der Waals surface area (Å²) in [6.45, 7) is 1.82. The molecule has 0 heterocycles. The summed E-state index contributed by atoms with van der Waals surface area (Å²) in [6.07, 6.45) is -0.113. The Hall–Kier alpha value is -1.82. The maximum atomic E-state index is 10.8. The molecule has 1 rings (SSSR count). The number of rotatable bonds is 6. The number of methoxy groups -OCH3 is 1. The van der Waals surface area contributed by atoms with Crippen LogP contribution >= 0.6 is 0 Å². The van der Waals surface area contributed by atoms with Crippen molar-refractivity contribution in [3.63, 3.8) is 0 Å². The van der Waals surface area contributed by atoms with Gasteiger partial charge in [0.15, 0.2) is 0 Å². The standard InChI is InChI=1S/C11H15NO5/c1-3-8(13)7-17-11-6-9(16-2)4-5-10(11)12(14)15/h4-6,8,13H,3,7H2,1-2H3. The zero-order chi connectivity index (χ0) is 12.8. The van der Waals surface area contributed by atoms with Crippen molar-refractivity contribution in [2.24, 2.45) is 0 Å². The molecule has 0 bridgehead atoms. The van der Waals surface area contributed by atoms with Gasteiger partial charge in [-0.05, 0) is 12.5 Å². The molecule has 1 aromatic carbocycles. The number of ether oxygens (including phenoxy) is 2. The maximum Gasteiger partial charge on any atom is 0.311 e. The van der Waals surface area contributed by atoms with E-state index in [1.54, 1.807) is 6.92 Å². The minimum absolute atomic E-state index is 0.0184. The summed E-state index contributed by atoms with van der Waals surface area (Å²) in [4.78, 5) is 10.2. The number of nitro groups is 1. The number of benzene rings is 1. The Morgan fingerprint density at radius 2 is 2.24 bits per heavy atom. The van der Waals surface area contributed by atoms with E-state index in [1.807, 2.05) is 0 Å². The molecule has 1 atom stereocenters. The molecule has 1 unspecified atom stereocenters. The Labute approximate surface area is 98.9 Å². The predicted octanol–water partition coefficient (Wildman–Crippen LogP) is 1.75. The molecule has 0 aliphatic heterocycles. The van der Waals surface area contributed by atoms with Gasteiger partial charge >= 0.3 is 5.69 Å². The van der Waals surface area contributed by atoms with Gasteiger partial charge < -0.3 is 14.6 Å². The number of hydrogen-bond donors (Lipinski definition) is 1. The van der Waals surface area contributed by atoms with Crippen molar-refractivity contribution in [2.75, 3.05) is 13.7 Å². The van der Waals surface area contributed by atoms with Gasteiger partial charge in [0.05, 0.1) is 18.1 Å². The Morgan fingerprint density at radius 1 is 1.53 bits per heavy atom. The lowest BCUT2D eigenvalue weighted by Crippen LogP contribution is -2.16. The van der Waals surface area contributed by atoms with Crippen LogP contribution in [-0.4, -0.2) is 29.9 Å². The number of hydrogen-bond acceptors (Lipinski definition) is 5. The van der Waals surface area contributed by atoms with Gasteiger partial charge in [-0.1, -0.05) is 6.92 Å². The monoisotopic (exact) mass is 241 g/mol. The summed E-state index contributed by atoms with van der Waals surface area (Å²) in [5.41, 5.74) is -0.144. The summed E-state index contributed by atoms with van der Waals surface area (Å²) in [5.74, 6) is 0.568. The van der Waals surface area contributed by atoms with Gasteiger partial charge in [0.25, 0.3) is 0 Å². The zero-order valence-corrected chi connectivity index (χ0v) is 9.75. The fraction of sp³-hybridized carbons (Fsp3) is 0.455. The van der Waals surface area contributed by atoms with Crippen LogP contribution in [0, 0.1) is 10.1 Å². The van der Waals surface area contributed by atoms with E-state index in [0.717, 1.165) is 0 Å². The Kier molecular flexibility index (Phi) is 4.71. The minimum Gasteiger partial charge on any atom is -0.497 e. The highest BCUT2D eigenvalue weighted by molar-refractivity contribution is 5.50. The van der Waals surface area contributed by atoms with Crippen molar-refractivity contribution >= 4 is 5.69 Å². The molecule has 0 radical (unpaired) electrons. The molecule has 0 fully saturated rings. The Morgan fingerprint density at radius 3 is 2.76 bits per heavy atom. The van der Waals surface area contributed by atoms with Crippen LogP contribution in [-0.2, 0) is 0 Å². The van der Waals surface area contributed by atoms with E-state index in [-0.39, 0.29) is 18.0 Å². The summed E-state index contributed by atoms with van der Waals surface area (Å²) in [6, 6.07) is 4.23. The average Bonchev–Trinajstić information content (AvgIpc) is 2.35. The van der Waals surface area contributed by atoms with Crippen LogP contribution in [0.1, 0.15) is 13.3 Å². The molecule has 0 aliphatic carbocycles. The van der Waals surface area contributed by atoms with Crippen LogP contribution in [0.4, 0.5) is 5.69 Å². The van der Waals surface area contributed by atoms with Crippen molar-refractivity contribution in [3.05, 3.63) is 28.3 Å². The summed E-state index contributed by atoms with van der Waals surface area (Å²) in [5, 5.41) is 20.1. The smallest absolute Gasteiger partial charge is 0.311 e. The van der Waals surface area contributed by atoms with E-state index in [0.29, 0.717) is 12.2 Å². The van der Waals surface area contributed by atoms with Crippen LogP contribution < -0.4 is 9.47 Å². The minimum atomic E-state index is -0.638. The van der Waals surface area contributed by atoms with Gasteiger partial charge in [-0.25, -0.2) is 0 Å². The fourth-order valence-electron chi connectivity index (χ4n) is 1.19. The average molecular weight is 241 g/mol. The molecule has 0 amide bonds. The van der Waals surface area contributed by atoms with Crippen molar-refractivity contribution in [1.29, 1.82) is 0 Å². The molecule has 0 spiro atoms. The summed E-state index contributed by atoms with van der Waals surface area (Å²) < 4.78 is 10.2. The molecule has 0 saturated carbocycles. The molecule has 0 aromatic heterocycles. The summed E-state index contributed by atoms with van der Waals surface area (Å²) >= 11 is 0. The van der Waals surface area contributed by atoms with Gasteiger partial charge in [-0.2, -0.15) is 0 Å². The second-order valence-corrected chi connectivity index (χ2v) is 3.46. The van der Waals surface area contributed by atoms with Gasteiger partial charge in [-0.3, -0.25) is 10.1 Å². The number of nitrogens with zero attached hydrogens (tertiary/aromatic N) is 1. The van der Waals surface area contributed by atoms with E-state index in [4.69, 9.17) is 9.47 Å². The van der Waals surface area contributed by atoms with Crippen molar-refractivity contribution < 1.29 is 19.5 Å². The molecule has 17 heavy (non-hydrogen) atoms. The first-order chi connectivity index (χ1) is 8.08. The largest absolute Gasteiger partial charge is 0.497 e. The van der Waals surface area contributed by atoms with Crippen LogP contribution in [0.5, 0.6) is 11.5 Å². The summed E-state index contributed by atoms with van der Waals surface area (Å²) in [7, 11) is 1.46. The molecule has 94 valence electrons. The molecule has 1 aromatic rings. The van der Waals surface area contributed by atoms with Crippen LogP contribution in [0.3, 0.4) is 0 Å². The quantitative estimate of drug-likeness (QED) is 0.606. The van der Waals surface area contributed by atoms with Gasteiger partial charge in [-0.15, -0.1) is 0 Å². The van der Waals surface area contributed by atoms with Gasteiger partial charge in [0.2, 0.25) is 5.75 Å². The molecule has 0 aliphatic rings. The van der Waals surface area contributed by atoms with Crippen molar-refractivity contribution in [3.8, 4) is 11.5 Å². The van der Waals surface area contributed by atoms with Crippen molar-refractivity contribution in [1.82, 2.24) is 0 Å². The lowest BCUT2D eigenvalue weighted by molar-refractivity contribution is -0.385. The second kappa shape index (κ2) is 6.05. The van der Waals surface area contributed by atoms with E-state index < -0.39 is 11.0 Å². The number of aliphatic hydroxyl groups excluding tert-OH is 1. The van der Waals surface area contributed by atoms with Crippen LogP contribution in [0.2, 0.25) is 0 Å². The topological polar surface area (TPSA) is 81.8 Å². The van der Waals surface area contributed by atoms with E-state index in [2.05, 4.69) is 0 Å². The predicted molar refractivity (Wildman–Crippen MR) is 61.4 cm³/mol. The Bertz CT molecular complexity index is 393. The van der Waals surface area contributed by atoms with Gasteiger partial charge in [0.1, 0.15) is 12.4 Å². The third-order valence-corrected chi connectivity index (χ3v) is 2.27. The van der Waals surface area contributed by atoms with E-state index in [1.165, 1.54) is 25.3 Å². The lowest BCUT2D eigenvalue weighted by atomic mass is 10.2. The first-order valence-corrected chi connectivity index (χ1v) is 5.21. The SMILES string of the molecule is CCC(O)COc1cc(OC)ccc1[N+](=O)[O-]. The highest BCUT2D eigenvalue weighted by Crippen LogP contribution is 2.31. The first kappa shape index (κ1) is 13.2.